The van der Waals surface area contributed by atoms with E-state index in [1.54, 1.807) is 12.1 Å². The molecular weight excluding hydrogens is 703 g/mol. The van der Waals surface area contributed by atoms with E-state index in [2.05, 4.69) is 64.0 Å². The fourth-order valence-corrected chi connectivity index (χ4v) is 6.95. The zero-order valence-electron chi connectivity index (χ0n) is 32.1. The number of hydrogen-bond donors (Lipinski definition) is 4. The van der Waals surface area contributed by atoms with Crippen molar-refractivity contribution in [2.24, 2.45) is 0 Å². The number of nitrogens with zero attached hydrogens (tertiary/aromatic N) is 2. The maximum atomic E-state index is 12.8. The van der Waals surface area contributed by atoms with Crippen molar-refractivity contribution in [3.63, 3.8) is 0 Å². The fourth-order valence-electron chi connectivity index (χ4n) is 6.95. The minimum absolute atomic E-state index is 0.00135. The van der Waals surface area contributed by atoms with E-state index in [4.69, 9.17) is 15.2 Å². The molecule has 4 aromatic carbocycles. The number of para-hydroxylation sites is 2. The summed E-state index contributed by atoms with van der Waals surface area (Å²) in [4.78, 5) is 31.8. The van der Waals surface area contributed by atoms with E-state index in [0.29, 0.717) is 50.0 Å². The normalized spacial score (nSPS) is 16.7. The molecule has 1 saturated heterocycles. The zero-order valence-corrected chi connectivity index (χ0v) is 32.1. The molecule has 10 nitrogen and oxygen atoms in total. The highest BCUT2D eigenvalue weighted by Gasteiger charge is 2.33. The minimum atomic E-state index is -0.555. The number of pyridine rings is 1. The van der Waals surface area contributed by atoms with Crippen LogP contribution in [0.1, 0.15) is 78.9 Å². The van der Waals surface area contributed by atoms with Crippen LogP contribution in [0.5, 0.6) is 0 Å². The molecule has 1 aliphatic heterocycles. The van der Waals surface area contributed by atoms with Gasteiger partial charge in [0.05, 0.1) is 30.2 Å². The Labute approximate surface area is 330 Å². The highest BCUT2D eigenvalue weighted by atomic mass is 16.7. The van der Waals surface area contributed by atoms with Crippen LogP contribution in [0.3, 0.4) is 0 Å². The summed E-state index contributed by atoms with van der Waals surface area (Å²) < 4.78 is 13.2. The van der Waals surface area contributed by atoms with Crippen LogP contribution in [0.2, 0.25) is 0 Å². The van der Waals surface area contributed by atoms with Crippen LogP contribution in [0.15, 0.2) is 121 Å². The molecule has 5 aromatic rings. The number of nitrogens with two attached hydrogens (primary N) is 1. The molecular formula is C46H53N5O5. The van der Waals surface area contributed by atoms with E-state index in [1.807, 2.05) is 72.9 Å². The topological polar surface area (TPSA) is 139 Å². The number of aliphatic hydroxyl groups is 1. The first-order valence-electron chi connectivity index (χ1n) is 19.5. The summed E-state index contributed by atoms with van der Waals surface area (Å²) in [6, 6.07) is 37.5. The molecule has 2 amide bonds. The summed E-state index contributed by atoms with van der Waals surface area (Å²) in [7, 11) is 2.12. The first-order chi connectivity index (χ1) is 27.3. The van der Waals surface area contributed by atoms with Crippen LogP contribution >= 0.6 is 0 Å². The molecule has 0 radical (unpaired) electrons. The lowest BCUT2D eigenvalue weighted by Crippen LogP contribution is -2.38. The molecule has 1 fully saturated rings. The third-order valence-corrected chi connectivity index (χ3v) is 10.1. The maximum Gasteiger partial charge on any atom is 0.224 e. The van der Waals surface area contributed by atoms with Crippen molar-refractivity contribution in [2.45, 2.75) is 76.6 Å². The third kappa shape index (κ3) is 11.8. The number of amides is 2. The minimum Gasteiger partial charge on any atom is -0.397 e. The monoisotopic (exact) mass is 755 g/mol. The molecule has 1 aliphatic rings. The van der Waals surface area contributed by atoms with E-state index in [0.717, 1.165) is 65.0 Å². The molecule has 3 atom stereocenters. The van der Waals surface area contributed by atoms with Crippen LogP contribution in [0, 0.1) is 0 Å². The van der Waals surface area contributed by atoms with Gasteiger partial charge in [-0.05, 0) is 72.0 Å². The number of likely N-dealkylation sites (N-methyl/N-ethyl adjacent to an activating group) is 1. The number of anilines is 2. The Morgan fingerprint density at radius 1 is 0.821 bits per heavy atom. The Morgan fingerprint density at radius 3 is 2.29 bits per heavy atom. The standard InChI is InChI=1S/C46H53N5O5/c1-51(28-26-38-12-9-10-27-48-38)31-39-29-43(35-20-18-33(32-52)19-21-35)56-46(55-39)36-24-22-34(23-25-36)40-13-6-5-11-37(40)30-49-44(53)16-3-2-4-17-45(54)50-42-15-8-7-14-41(42)47/h5-15,18-25,27,39,43,46,52H,2-4,16-17,26,28-32,47H2,1H3,(H,49,53)(H,50,54)/t39-,43+,46+/m0/s1. The fraction of sp³-hybridized carbons (Fsp3) is 0.326. The number of ether oxygens (including phenoxy) is 2. The van der Waals surface area contributed by atoms with Crippen LogP contribution in [-0.4, -0.2) is 53.0 Å². The summed E-state index contributed by atoms with van der Waals surface area (Å²) in [5.41, 5.74) is 14.1. The Hall–Kier alpha value is -5.39. The highest BCUT2D eigenvalue weighted by molar-refractivity contribution is 5.93. The second kappa shape index (κ2) is 20.5. The first-order valence-corrected chi connectivity index (χ1v) is 19.5. The van der Waals surface area contributed by atoms with Crippen LogP contribution in [0.4, 0.5) is 11.4 Å². The molecule has 0 saturated carbocycles. The first kappa shape index (κ1) is 40.3. The Balaban J connectivity index is 1.03. The number of hydrogen-bond acceptors (Lipinski definition) is 8. The van der Waals surface area contributed by atoms with Gasteiger partial charge in [-0.1, -0.05) is 97.4 Å². The van der Waals surface area contributed by atoms with Gasteiger partial charge in [0.15, 0.2) is 6.29 Å². The molecule has 0 spiro atoms. The SMILES string of the molecule is CN(CCc1ccccn1)C[C@@H]1C[C@H](c2ccc(CO)cc2)O[C@H](c2ccc(-c3ccccc3CNC(=O)CCCCCC(=O)Nc3ccccc3N)cc2)O1. The number of aromatic nitrogens is 1. The van der Waals surface area contributed by atoms with E-state index in [-0.39, 0.29) is 30.6 Å². The lowest BCUT2D eigenvalue weighted by molar-refractivity contribution is -0.252. The Morgan fingerprint density at radius 2 is 1.54 bits per heavy atom. The van der Waals surface area contributed by atoms with E-state index in [1.165, 1.54) is 0 Å². The number of carbonyl (C=O) groups is 2. The molecule has 2 heterocycles. The van der Waals surface area contributed by atoms with Gasteiger partial charge in [-0.2, -0.15) is 0 Å². The number of carbonyl (C=O) groups excluding carboxylic acids is 2. The number of unbranched alkanes of at least 4 members (excludes halogenated alkanes) is 2. The van der Waals surface area contributed by atoms with Crippen molar-refractivity contribution < 1.29 is 24.2 Å². The quantitative estimate of drug-likeness (QED) is 0.0526. The van der Waals surface area contributed by atoms with Crippen molar-refractivity contribution in [1.29, 1.82) is 0 Å². The lowest BCUT2D eigenvalue weighted by atomic mass is 9.97. The predicted octanol–water partition coefficient (Wildman–Crippen LogP) is 7.75. The number of rotatable bonds is 18. The molecule has 0 aliphatic carbocycles. The van der Waals surface area contributed by atoms with Gasteiger partial charge in [-0.15, -0.1) is 0 Å². The molecule has 56 heavy (non-hydrogen) atoms. The van der Waals surface area contributed by atoms with Gasteiger partial charge in [-0.25, -0.2) is 0 Å². The van der Waals surface area contributed by atoms with Crippen molar-refractivity contribution in [2.75, 3.05) is 31.2 Å². The second-order valence-corrected chi connectivity index (χ2v) is 14.4. The average Bonchev–Trinajstić information content (AvgIpc) is 3.23. The largest absolute Gasteiger partial charge is 0.397 e. The maximum absolute atomic E-state index is 12.8. The van der Waals surface area contributed by atoms with E-state index < -0.39 is 6.29 Å². The zero-order chi connectivity index (χ0) is 39.1. The molecule has 0 unspecified atom stereocenters. The Kier molecular flexibility index (Phi) is 14.7. The van der Waals surface area contributed by atoms with Crippen molar-refractivity contribution in [3.05, 3.63) is 149 Å². The molecule has 1 aromatic heterocycles. The summed E-state index contributed by atoms with van der Waals surface area (Å²) >= 11 is 0. The second-order valence-electron chi connectivity index (χ2n) is 14.4. The molecule has 6 rings (SSSR count). The third-order valence-electron chi connectivity index (χ3n) is 10.1. The van der Waals surface area contributed by atoms with Gasteiger partial charge in [-0.3, -0.25) is 14.6 Å². The average molecular weight is 756 g/mol. The van der Waals surface area contributed by atoms with E-state index in [9.17, 15) is 14.7 Å². The predicted molar refractivity (Wildman–Crippen MR) is 220 cm³/mol. The van der Waals surface area contributed by atoms with Gasteiger partial charge in [0.25, 0.3) is 0 Å². The number of aliphatic hydroxyl groups excluding tert-OH is 1. The number of nitrogen functional groups attached to an aromatic ring is 1. The van der Waals surface area contributed by atoms with Crippen molar-refractivity contribution in [3.8, 4) is 11.1 Å². The van der Waals surface area contributed by atoms with Gasteiger partial charge < -0.3 is 35.8 Å². The smallest absolute Gasteiger partial charge is 0.224 e. The van der Waals surface area contributed by atoms with Gasteiger partial charge in [0.2, 0.25) is 11.8 Å². The molecule has 10 heteroatoms. The molecule has 5 N–H and O–H groups in total. The van der Waals surface area contributed by atoms with Gasteiger partial charge in [0, 0.05) is 62.8 Å². The van der Waals surface area contributed by atoms with Gasteiger partial charge in [0.1, 0.15) is 0 Å². The number of nitrogens with one attached hydrogen (secondary N) is 2. The van der Waals surface area contributed by atoms with Crippen molar-refractivity contribution >= 4 is 23.2 Å². The van der Waals surface area contributed by atoms with Crippen LogP contribution < -0.4 is 16.4 Å². The molecule has 292 valence electrons. The summed E-state index contributed by atoms with van der Waals surface area (Å²) in [6.07, 6.45) is 5.58. The van der Waals surface area contributed by atoms with Gasteiger partial charge >= 0.3 is 0 Å². The van der Waals surface area contributed by atoms with Crippen LogP contribution in [0.25, 0.3) is 11.1 Å². The Bertz CT molecular complexity index is 1990. The van der Waals surface area contributed by atoms with Crippen molar-refractivity contribution in [1.82, 2.24) is 15.2 Å². The summed E-state index contributed by atoms with van der Waals surface area (Å²) in [5.74, 6) is -0.0915. The van der Waals surface area contributed by atoms with Crippen LogP contribution in [-0.2, 0) is 38.6 Å². The highest BCUT2D eigenvalue weighted by Crippen LogP contribution is 2.39. The number of benzene rings is 4. The van der Waals surface area contributed by atoms with E-state index >= 15 is 0 Å². The summed E-state index contributed by atoms with van der Waals surface area (Å²) in [5, 5.41) is 15.5. The summed E-state index contributed by atoms with van der Waals surface area (Å²) in [6.45, 7) is 2.02. The lowest BCUT2D eigenvalue weighted by Gasteiger charge is -2.38. The molecule has 0 bridgehead atoms.